The number of rotatable bonds is 2. The summed E-state index contributed by atoms with van der Waals surface area (Å²) in [5, 5.41) is 3.29. The normalized spacial score (nSPS) is 16.3. The number of ether oxygens (including phenoxy) is 1. The van der Waals surface area contributed by atoms with Gasteiger partial charge >= 0.3 is 5.69 Å². The van der Waals surface area contributed by atoms with E-state index in [1.54, 1.807) is 18.7 Å². The van der Waals surface area contributed by atoms with Crippen LogP contribution in [0, 0.1) is 0 Å². The van der Waals surface area contributed by atoms with E-state index in [0.717, 1.165) is 11.3 Å². The minimum absolute atomic E-state index is 0.0576. The van der Waals surface area contributed by atoms with Crippen molar-refractivity contribution in [2.75, 3.05) is 11.9 Å². The van der Waals surface area contributed by atoms with Gasteiger partial charge in [-0.25, -0.2) is 4.79 Å². The van der Waals surface area contributed by atoms with Gasteiger partial charge in [0.2, 0.25) is 5.95 Å². The Labute approximate surface area is 130 Å². The summed E-state index contributed by atoms with van der Waals surface area (Å²) >= 11 is 0. The van der Waals surface area contributed by atoms with Crippen molar-refractivity contribution in [2.24, 2.45) is 14.1 Å². The zero-order valence-electron chi connectivity index (χ0n) is 12.7. The Morgan fingerprint density at radius 3 is 2.87 bits per heavy atom. The standard InChI is InChI=1S/C15H15N5O3/c1-19-11-12(20(2)15(22)18-13(11)21)17-14(19)16-9-7-23-10-6-4-3-5-8(9)10/h3-6,9H,7H2,1-2H3,(H,16,17)(H,18,21,22). The molecule has 2 N–H and O–H groups in total. The van der Waals surface area contributed by atoms with Gasteiger partial charge < -0.3 is 14.6 Å². The number of nitrogens with zero attached hydrogens (tertiary/aromatic N) is 3. The number of aryl methyl sites for hydroxylation is 2. The first-order chi connectivity index (χ1) is 11.1. The van der Waals surface area contributed by atoms with Crippen molar-refractivity contribution in [3.05, 3.63) is 50.7 Å². The molecular weight excluding hydrogens is 298 g/mol. The summed E-state index contributed by atoms with van der Waals surface area (Å²) in [6, 6.07) is 7.72. The monoisotopic (exact) mass is 313 g/mol. The number of aromatic amines is 1. The first kappa shape index (κ1) is 13.6. The largest absolute Gasteiger partial charge is 0.491 e. The van der Waals surface area contributed by atoms with Crippen molar-refractivity contribution in [3.63, 3.8) is 0 Å². The summed E-state index contributed by atoms with van der Waals surface area (Å²) in [4.78, 5) is 30.4. The van der Waals surface area contributed by atoms with E-state index >= 15 is 0 Å². The van der Waals surface area contributed by atoms with Crippen molar-refractivity contribution in [1.29, 1.82) is 0 Å². The molecule has 1 atom stereocenters. The van der Waals surface area contributed by atoms with Crippen molar-refractivity contribution in [2.45, 2.75) is 6.04 Å². The number of para-hydroxylation sites is 1. The molecule has 0 spiro atoms. The number of anilines is 1. The van der Waals surface area contributed by atoms with Crippen molar-refractivity contribution < 1.29 is 4.74 Å². The van der Waals surface area contributed by atoms with E-state index < -0.39 is 11.2 Å². The lowest BCUT2D eigenvalue weighted by atomic mass is 10.1. The van der Waals surface area contributed by atoms with Crippen LogP contribution in [0.15, 0.2) is 33.9 Å². The van der Waals surface area contributed by atoms with Crippen LogP contribution in [-0.4, -0.2) is 25.7 Å². The average Bonchev–Trinajstić information content (AvgIpc) is 3.08. The molecule has 0 radical (unpaired) electrons. The molecule has 8 heteroatoms. The number of hydrogen-bond donors (Lipinski definition) is 2. The first-order valence-corrected chi connectivity index (χ1v) is 7.20. The predicted octanol–water partition coefficient (Wildman–Crippen LogP) is 0.506. The second-order valence-corrected chi connectivity index (χ2v) is 5.53. The van der Waals surface area contributed by atoms with Crippen LogP contribution in [-0.2, 0) is 14.1 Å². The molecule has 118 valence electrons. The van der Waals surface area contributed by atoms with Crippen LogP contribution in [0.25, 0.3) is 11.2 Å². The lowest BCUT2D eigenvalue weighted by Gasteiger charge is -2.12. The molecule has 3 heterocycles. The fourth-order valence-electron chi connectivity index (χ4n) is 2.88. The maximum absolute atomic E-state index is 12.0. The SMILES string of the molecule is Cn1c(NC2COc3ccccc32)nc2c1c(=O)[nH]c(=O)n2C. The molecule has 0 saturated carbocycles. The fraction of sp³-hybridized carbons (Fsp3) is 0.267. The van der Waals surface area contributed by atoms with E-state index in [1.807, 2.05) is 24.3 Å². The molecular formula is C15H15N5O3. The van der Waals surface area contributed by atoms with Gasteiger partial charge in [-0.2, -0.15) is 4.98 Å². The Bertz CT molecular complexity index is 1030. The fourth-order valence-corrected chi connectivity index (χ4v) is 2.88. The Kier molecular flexibility index (Phi) is 2.80. The lowest BCUT2D eigenvalue weighted by molar-refractivity contribution is 0.339. The van der Waals surface area contributed by atoms with Crippen LogP contribution in [0.5, 0.6) is 5.75 Å². The van der Waals surface area contributed by atoms with Gasteiger partial charge in [0.05, 0.1) is 6.04 Å². The topological polar surface area (TPSA) is 93.9 Å². The zero-order valence-corrected chi connectivity index (χ0v) is 12.7. The van der Waals surface area contributed by atoms with E-state index in [4.69, 9.17) is 4.74 Å². The summed E-state index contributed by atoms with van der Waals surface area (Å²) in [6.45, 7) is 0.484. The molecule has 0 fully saturated rings. The van der Waals surface area contributed by atoms with Gasteiger partial charge in [0.25, 0.3) is 5.56 Å². The second kappa shape index (κ2) is 4.73. The summed E-state index contributed by atoms with van der Waals surface area (Å²) in [5.74, 6) is 1.35. The molecule has 1 aromatic carbocycles. The number of imidazole rings is 1. The lowest BCUT2D eigenvalue weighted by Crippen LogP contribution is -2.29. The van der Waals surface area contributed by atoms with Crippen molar-refractivity contribution in [1.82, 2.24) is 19.1 Å². The predicted molar refractivity (Wildman–Crippen MR) is 84.9 cm³/mol. The number of fused-ring (bicyclic) bond motifs is 2. The van der Waals surface area contributed by atoms with Crippen LogP contribution in [0.4, 0.5) is 5.95 Å². The van der Waals surface area contributed by atoms with Gasteiger partial charge in [-0.05, 0) is 6.07 Å². The highest BCUT2D eigenvalue weighted by Gasteiger charge is 2.25. The number of nitrogens with one attached hydrogen (secondary N) is 2. The van der Waals surface area contributed by atoms with Gasteiger partial charge in [0.1, 0.15) is 12.4 Å². The molecule has 1 aliphatic heterocycles. The third-order valence-electron chi connectivity index (χ3n) is 4.14. The van der Waals surface area contributed by atoms with Crippen LogP contribution in [0.2, 0.25) is 0 Å². The highest BCUT2D eigenvalue weighted by Crippen LogP contribution is 2.34. The van der Waals surface area contributed by atoms with E-state index in [-0.39, 0.29) is 6.04 Å². The van der Waals surface area contributed by atoms with E-state index in [9.17, 15) is 9.59 Å². The van der Waals surface area contributed by atoms with Crippen molar-refractivity contribution >= 4 is 17.1 Å². The molecule has 0 aliphatic carbocycles. The second-order valence-electron chi connectivity index (χ2n) is 5.53. The van der Waals surface area contributed by atoms with Crippen LogP contribution >= 0.6 is 0 Å². The Hall–Kier alpha value is -3.03. The quantitative estimate of drug-likeness (QED) is 0.719. The molecule has 4 rings (SSSR count). The van der Waals surface area contributed by atoms with Gasteiger partial charge in [0.15, 0.2) is 11.2 Å². The highest BCUT2D eigenvalue weighted by atomic mass is 16.5. The molecule has 0 bridgehead atoms. The Morgan fingerprint density at radius 1 is 1.26 bits per heavy atom. The summed E-state index contributed by atoms with van der Waals surface area (Å²) < 4.78 is 8.61. The van der Waals surface area contributed by atoms with Gasteiger partial charge in [0, 0.05) is 19.7 Å². The van der Waals surface area contributed by atoms with E-state index in [2.05, 4.69) is 15.3 Å². The van der Waals surface area contributed by atoms with Crippen LogP contribution in [0.1, 0.15) is 11.6 Å². The number of H-pyrrole nitrogens is 1. The minimum Gasteiger partial charge on any atom is -0.491 e. The number of benzene rings is 1. The minimum atomic E-state index is -0.485. The van der Waals surface area contributed by atoms with Crippen LogP contribution in [0.3, 0.4) is 0 Å². The smallest absolute Gasteiger partial charge is 0.329 e. The van der Waals surface area contributed by atoms with Gasteiger partial charge in [-0.3, -0.25) is 14.3 Å². The maximum atomic E-state index is 12.0. The van der Waals surface area contributed by atoms with Gasteiger partial charge in [-0.15, -0.1) is 0 Å². The number of aromatic nitrogens is 4. The molecule has 0 amide bonds. The highest BCUT2D eigenvalue weighted by molar-refractivity contribution is 5.74. The summed E-state index contributed by atoms with van der Waals surface area (Å²) in [7, 11) is 3.31. The molecule has 8 nitrogen and oxygen atoms in total. The molecule has 0 saturated heterocycles. The Morgan fingerprint density at radius 2 is 2.04 bits per heavy atom. The molecule has 2 aromatic heterocycles. The molecule has 1 unspecified atom stereocenters. The van der Waals surface area contributed by atoms with Gasteiger partial charge in [-0.1, -0.05) is 18.2 Å². The average molecular weight is 313 g/mol. The number of hydrogen-bond acceptors (Lipinski definition) is 5. The summed E-state index contributed by atoms with van der Waals surface area (Å²) in [6.07, 6.45) is 0. The Balaban J connectivity index is 1.81. The first-order valence-electron chi connectivity index (χ1n) is 7.20. The van der Waals surface area contributed by atoms with E-state index in [0.29, 0.717) is 23.7 Å². The molecule has 1 aliphatic rings. The third kappa shape index (κ3) is 1.95. The van der Waals surface area contributed by atoms with E-state index in [1.165, 1.54) is 4.57 Å². The van der Waals surface area contributed by atoms with Crippen molar-refractivity contribution in [3.8, 4) is 5.75 Å². The molecule has 3 aromatic rings. The van der Waals surface area contributed by atoms with Crippen LogP contribution < -0.4 is 21.3 Å². The molecule has 23 heavy (non-hydrogen) atoms. The zero-order chi connectivity index (χ0) is 16.1. The third-order valence-corrected chi connectivity index (χ3v) is 4.14. The summed E-state index contributed by atoms with van der Waals surface area (Å²) in [5.41, 5.74) is 0.802. The maximum Gasteiger partial charge on any atom is 0.329 e.